The number of aromatic amines is 1. The van der Waals surface area contributed by atoms with E-state index in [2.05, 4.69) is 17.2 Å². The van der Waals surface area contributed by atoms with Crippen molar-refractivity contribution < 1.29 is 22.4 Å². The predicted molar refractivity (Wildman–Crippen MR) is 126 cm³/mol. The van der Waals surface area contributed by atoms with E-state index >= 15 is 0 Å². The number of aromatic nitrogens is 1. The van der Waals surface area contributed by atoms with Gasteiger partial charge >= 0.3 is 0 Å². The lowest BCUT2D eigenvalue weighted by molar-refractivity contribution is -0.120. The highest BCUT2D eigenvalue weighted by Gasteiger charge is 2.34. The second-order valence-electron chi connectivity index (χ2n) is 9.37. The molecular formula is C24H31FN4O4S. The predicted octanol–water partition coefficient (Wildman–Crippen LogP) is 3.37. The molecule has 1 aromatic heterocycles. The average Bonchev–Trinajstić information content (AvgIpc) is 3.32. The standard InChI is InChI=1S/C24H31FN4O4S/c1-16-7-10-28(11-8-16)24(31)22-13-20(14-26-22)34(32,33)29-9-3-4-18(15-29)23(30)27-21-6-5-19(25)12-17(21)2/h5-6,12-14,16,18,26H,3-4,7-11,15H2,1-2H3,(H,27,30)/t18-/m0/s1. The van der Waals surface area contributed by atoms with Crippen molar-refractivity contribution in [1.82, 2.24) is 14.2 Å². The fraction of sp³-hybridized carbons (Fsp3) is 0.500. The summed E-state index contributed by atoms with van der Waals surface area (Å²) in [7, 11) is -3.87. The number of nitrogens with one attached hydrogen (secondary N) is 2. The number of carbonyl (C=O) groups is 2. The van der Waals surface area contributed by atoms with Gasteiger partial charge in [0.05, 0.1) is 5.92 Å². The summed E-state index contributed by atoms with van der Waals surface area (Å²) < 4.78 is 41.2. The molecule has 2 aliphatic heterocycles. The first-order chi connectivity index (χ1) is 16.1. The summed E-state index contributed by atoms with van der Waals surface area (Å²) in [6.45, 7) is 5.54. The number of likely N-dealkylation sites (tertiary alicyclic amines) is 1. The molecule has 1 aromatic carbocycles. The highest BCUT2D eigenvalue weighted by Crippen LogP contribution is 2.27. The van der Waals surface area contributed by atoms with Gasteiger partial charge in [-0.1, -0.05) is 6.92 Å². The molecule has 0 bridgehead atoms. The minimum absolute atomic E-state index is 0.0247. The number of amides is 2. The van der Waals surface area contributed by atoms with Gasteiger partial charge in [0, 0.05) is 38.1 Å². The van der Waals surface area contributed by atoms with Crippen LogP contribution in [0.1, 0.15) is 48.7 Å². The van der Waals surface area contributed by atoms with Crippen LogP contribution >= 0.6 is 0 Å². The van der Waals surface area contributed by atoms with E-state index in [1.54, 1.807) is 11.8 Å². The zero-order valence-corrected chi connectivity index (χ0v) is 20.3. The maximum absolute atomic E-state index is 13.3. The van der Waals surface area contributed by atoms with E-state index in [4.69, 9.17) is 0 Å². The Kier molecular flexibility index (Phi) is 7.09. The molecule has 10 heteroatoms. The van der Waals surface area contributed by atoms with Gasteiger partial charge in [-0.05, 0) is 68.4 Å². The monoisotopic (exact) mass is 490 g/mol. The molecule has 0 radical (unpaired) electrons. The Morgan fingerprint density at radius 1 is 1.12 bits per heavy atom. The van der Waals surface area contributed by atoms with Crippen molar-refractivity contribution in [3.63, 3.8) is 0 Å². The van der Waals surface area contributed by atoms with E-state index in [1.807, 2.05) is 0 Å². The smallest absolute Gasteiger partial charge is 0.270 e. The molecule has 34 heavy (non-hydrogen) atoms. The number of nitrogens with zero attached hydrogens (tertiary/aromatic N) is 2. The molecule has 184 valence electrons. The minimum atomic E-state index is -3.87. The topological polar surface area (TPSA) is 103 Å². The van der Waals surface area contributed by atoms with Crippen LogP contribution in [0.3, 0.4) is 0 Å². The third-order valence-electron chi connectivity index (χ3n) is 6.80. The fourth-order valence-corrected chi connectivity index (χ4v) is 6.07. The van der Waals surface area contributed by atoms with Gasteiger partial charge in [-0.25, -0.2) is 12.8 Å². The summed E-state index contributed by atoms with van der Waals surface area (Å²) in [6, 6.07) is 5.50. The van der Waals surface area contributed by atoms with Crippen molar-refractivity contribution in [2.75, 3.05) is 31.5 Å². The van der Waals surface area contributed by atoms with Crippen molar-refractivity contribution >= 4 is 27.5 Å². The van der Waals surface area contributed by atoms with Crippen molar-refractivity contribution in [3.8, 4) is 0 Å². The molecule has 3 heterocycles. The molecule has 0 spiro atoms. The van der Waals surface area contributed by atoms with Gasteiger partial charge in [-0.15, -0.1) is 0 Å². The largest absolute Gasteiger partial charge is 0.356 e. The van der Waals surface area contributed by atoms with Crippen LogP contribution in [0.15, 0.2) is 35.4 Å². The SMILES string of the molecule is Cc1cc(F)ccc1NC(=O)[C@H]1CCCN(S(=O)(=O)c2c[nH]c(C(=O)N3CCC(C)CC3)c2)C1. The molecule has 0 aliphatic carbocycles. The summed E-state index contributed by atoms with van der Waals surface area (Å²) in [5.41, 5.74) is 1.36. The number of aryl methyl sites for hydroxylation is 1. The molecule has 4 rings (SSSR count). The van der Waals surface area contributed by atoms with Gasteiger partial charge in [0.2, 0.25) is 15.9 Å². The first-order valence-corrected chi connectivity index (χ1v) is 13.1. The second kappa shape index (κ2) is 9.87. The Morgan fingerprint density at radius 3 is 2.56 bits per heavy atom. The number of piperidine rings is 2. The lowest BCUT2D eigenvalue weighted by atomic mass is 9.98. The molecular weight excluding hydrogens is 459 g/mol. The fourth-order valence-electron chi connectivity index (χ4n) is 4.55. The number of sulfonamides is 1. The highest BCUT2D eigenvalue weighted by atomic mass is 32.2. The van der Waals surface area contributed by atoms with Crippen LogP contribution in [0.5, 0.6) is 0 Å². The molecule has 2 saturated heterocycles. The van der Waals surface area contributed by atoms with Crippen LogP contribution in [0.4, 0.5) is 10.1 Å². The van der Waals surface area contributed by atoms with Gasteiger partial charge in [-0.2, -0.15) is 4.31 Å². The first kappa shape index (κ1) is 24.4. The normalized spacial score (nSPS) is 20.3. The lowest BCUT2D eigenvalue weighted by Crippen LogP contribution is -2.43. The molecule has 2 N–H and O–H groups in total. The summed E-state index contributed by atoms with van der Waals surface area (Å²) in [5, 5.41) is 2.79. The van der Waals surface area contributed by atoms with Crippen LogP contribution < -0.4 is 5.32 Å². The zero-order valence-electron chi connectivity index (χ0n) is 19.5. The third-order valence-corrected chi connectivity index (χ3v) is 8.64. The maximum Gasteiger partial charge on any atom is 0.270 e. The van der Waals surface area contributed by atoms with Crippen molar-refractivity contribution in [1.29, 1.82) is 0 Å². The molecule has 1 atom stereocenters. The Bertz CT molecular complexity index is 1170. The summed E-state index contributed by atoms with van der Waals surface area (Å²) in [5.74, 6) is -0.814. The number of anilines is 1. The van der Waals surface area contributed by atoms with Gasteiger partial charge in [-0.3, -0.25) is 9.59 Å². The summed E-state index contributed by atoms with van der Waals surface area (Å²) in [6.07, 6.45) is 4.32. The van der Waals surface area contributed by atoms with E-state index in [-0.39, 0.29) is 34.8 Å². The minimum Gasteiger partial charge on any atom is -0.356 e. The number of hydrogen-bond acceptors (Lipinski definition) is 4. The zero-order chi connectivity index (χ0) is 24.5. The Balaban J connectivity index is 1.43. The number of hydrogen-bond donors (Lipinski definition) is 2. The number of H-pyrrole nitrogens is 1. The van der Waals surface area contributed by atoms with Crippen LogP contribution in [-0.4, -0.2) is 60.6 Å². The lowest BCUT2D eigenvalue weighted by Gasteiger charge is -2.31. The van der Waals surface area contributed by atoms with Crippen LogP contribution in [0, 0.1) is 24.6 Å². The molecule has 2 amide bonds. The second-order valence-corrected chi connectivity index (χ2v) is 11.3. The van der Waals surface area contributed by atoms with Crippen molar-refractivity contribution in [3.05, 3.63) is 47.5 Å². The van der Waals surface area contributed by atoms with Crippen LogP contribution in [0.2, 0.25) is 0 Å². The van der Waals surface area contributed by atoms with E-state index in [1.165, 1.54) is 34.8 Å². The van der Waals surface area contributed by atoms with Crippen molar-refractivity contribution in [2.24, 2.45) is 11.8 Å². The molecule has 0 saturated carbocycles. The average molecular weight is 491 g/mol. The maximum atomic E-state index is 13.3. The number of benzene rings is 1. The number of halogens is 1. The quantitative estimate of drug-likeness (QED) is 0.671. The van der Waals surface area contributed by atoms with Gasteiger partial charge in [0.25, 0.3) is 5.91 Å². The molecule has 2 fully saturated rings. The Hall–Kier alpha value is -2.72. The van der Waals surface area contributed by atoms with E-state index in [9.17, 15) is 22.4 Å². The Labute approximate surface area is 199 Å². The van der Waals surface area contributed by atoms with E-state index < -0.39 is 15.9 Å². The van der Waals surface area contributed by atoms with Crippen molar-refractivity contribution in [2.45, 2.75) is 44.4 Å². The molecule has 8 nitrogen and oxygen atoms in total. The van der Waals surface area contributed by atoms with E-state index in [0.29, 0.717) is 49.6 Å². The summed E-state index contributed by atoms with van der Waals surface area (Å²) >= 11 is 0. The summed E-state index contributed by atoms with van der Waals surface area (Å²) in [4.78, 5) is 30.2. The van der Waals surface area contributed by atoms with Gasteiger partial charge < -0.3 is 15.2 Å². The van der Waals surface area contributed by atoms with Crippen LogP contribution in [-0.2, 0) is 14.8 Å². The molecule has 0 unspecified atom stereocenters. The van der Waals surface area contributed by atoms with Gasteiger partial charge in [0.1, 0.15) is 16.4 Å². The third kappa shape index (κ3) is 5.17. The first-order valence-electron chi connectivity index (χ1n) is 11.7. The Morgan fingerprint density at radius 2 is 1.85 bits per heavy atom. The number of carbonyl (C=O) groups excluding carboxylic acids is 2. The van der Waals surface area contributed by atoms with Gasteiger partial charge in [0.15, 0.2) is 0 Å². The van der Waals surface area contributed by atoms with Crippen LogP contribution in [0.25, 0.3) is 0 Å². The molecule has 2 aliphatic rings. The number of rotatable bonds is 5. The molecule has 2 aromatic rings. The van der Waals surface area contributed by atoms with E-state index in [0.717, 1.165) is 12.8 Å². The highest BCUT2D eigenvalue weighted by molar-refractivity contribution is 7.89.